The van der Waals surface area contributed by atoms with Gasteiger partial charge in [-0.15, -0.1) is 0 Å². The Labute approximate surface area is 134 Å². The van der Waals surface area contributed by atoms with Crippen molar-refractivity contribution >= 4 is 27.7 Å². The van der Waals surface area contributed by atoms with E-state index in [1.807, 2.05) is 5.32 Å². The van der Waals surface area contributed by atoms with Crippen LogP contribution < -0.4 is 10.6 Å². The van der Waals surface area contributed by atoms with Gasteiger partial charge in [-0.25, -0.2) is 18.0 Å². The average molecular weight is 342 g/mol. The van der Waals surface area contributed by atoms with Crippen LogP contribution in [0.5, 0.6) is 0 Å². The Morgan fingerprint density at radius 3 is 2.35 bits per heavy atom. The number of benzene rings is 1. The van der Waals surface area contributed by atoms with Crippen LogP contribution >= 0.6 is 0 Å². The zero-order chi connectivity index (χ0) is 17.8. The molecular formula is C14H18N2O6S. The van der Waals surface area contributed by atoms with Crippen molar-refractivity contribution in [1.82, 2.24) is 10.6 Å². The van der Waals surface area contributed by atoms with E-state index in [-0.39, 0.29) is 10.5 Å². The summed E-state index contributed by atoms with van der Waals surface area (Å²) in [6, 6.07) is 3.31. The summed E-state index contributed by atoms with van der Waals surface area (Å²) in [5.74, 6) is -1.65. The highest BCUT2D eigenvalue weighted by molar-refractivity contribution is 7.90. The summed E-state index contributed by atoms with van der Waals surface area (Å²) in [4.78, 5) is 34.8. The lowest BCUT2D eigenvalue weighted by molar-refractivity contribution is -0.127. The number of hydrogen-bond acceptors (Lipinski definition) is 6. The smallest absolute Gasteiger partial charge is 0.339 e. The summed E-state index contributed by atoms with van der Waals surface area (Å²) in [5, 5.41) is 4.17. The Morgan fingerprint density at radius 1 is 1.22 bits per heavy atom. The monoisotopic (exact) mass is 342 g/mol. The number of aryl methyl sites for hydroxylation is 1. The van der Waals surface area contributed by atoms with Crippen molar-refractivity contribution in [3.05, 3.63) is 29.3 Å². The molecule has 3 amide bonds. The molecule has 2 N–H and O–H groups in total. The van der Waals surface area contributed by atoms with E-state index < -0.39 is 33.8 Å². The van der Waals surface area contributed by atoms with Gasteiger partial charge < -0.3 is 10.1 Å². The van der Waals surface area contributed by atoms with Gasteiger partial charge in [0, 0.05) is 13.3 Å². The maximum atomic E-state index is 12.1. The molecule has 1 atom stereocenters. The number of amides is 3. The minimum atomic E-state index is -3.48. The molecule has 0 saturated carbocycles. The third-order valence-electron chi connectivity index (χ3n) is 2.97. The van der Waals surface area contributed by atoms with Gasteiger partial charge in [0.1, 0.15) is 0 Å². The first kappa shape index (κ1) is 18.6. The molecule has 0 spiro atoms. The van der Waals surface area contributed by atoms with Gasteiger partial charge in [-0.1, -0.05) is 6.07 Å². The molecule has 0 radical (unpaired) electrons. The van der Waals surface area contributed by atoms with Crippen LogP contribution in [0.25, 0.3) is 0 Å². The summed E-state index contributed by atoms with van der Waals surface area (Å²) in [5.41, 5.74) is 0.536. The van der Waals surface area contributed by atoms with Gasteiger partial charge >= 0.3 is 12.0 Å². The molecule has 0 aliphatic rings. The highest BCUT2D eigenvalue weighted by Gasteiger charge is 2.22. The standard InChI is InChI=1S/C14H18N2O6S/c1-8-5-6-10(23(4,20)21)7-11(8)13(18)22-9(2)12(17)16-14(19)15-3/h5-7,9H,1-4H3,(H2,15,16,17,19)/t9-/m1/s1. The number of imide groups is 1. The lowest BCUT2D eigenvalue weighted by Crippen LogP contribution is -2.43. The van der Waals surface area contributed by atoms with E-state index in [9.17, 15) is 22.8 Å². The molecular weight excluding hydrogens is 324 g/mol. The summed E-state index contributed by atoms with van der Waals surface area (Å²) < 4.78 is 28.1. The van der Waals surface area contributed by atoms with E-state index in [0.717, 1.165) is 6.26 Å². The normalized spacial score (nSPS) is 12.2. The first-order valence-electron chi connectivity index (χ1n) is 6.60. The molecule has 0 bridgehead atoms. The van der Waals surface area contributed by atoms with Crippen LogP contribution in [0.1, 0.15) is 22.8 Å². The van der Waals surface area contributed by atoms with Crippen LogP contribution in [-0.2, 0) is 19.4 Å². The molecule has 8 nitrogen and oxygen atoms in total. The van der Waals surface area contributed by atoms with E-state index in [1.165, 1.54) is 32.2 Å². The molecule has 1 aromatic rings. The number of carbonyl (C=O) groups excluding carboxylic acids is 3. The second kappa shape index (κ2) is 7.23. The second-order valence-electron chi connectivity index (χ2n) is 4.86. The van der Waals surface area contributed by atoms with Gasteiger partial charge in [0.05, 0.1) is 10.5 Å². The molecule has 0 heterocycles. The largest absolute Gasteiger partial charge is 0.449 e. The topological polar surface area (TPSA) is 119 Å². The van der Waals surface area contributed by atoms with Crippen LogP contribution in [0, 0.1) is 6.92 Å². The van der Waals surface area contributed by atoms with Crippen molar-refractivity contribution < 1.29 is 27.5 Å². The fourth-order valence-electron chi connectivity index (χ4n) is 1.61. The first-order valence-corrected chi connectivity index (χ1v) is 8.49. The SMILES string of the molecule is CNC(=O)NC(=O)[C@@H](C)OC(=O)c1cc(S(C)(=O)=O)ccc1C. The average Bonchev–Trinajstić information content (AvgIpc) is 2.45. The van der Waals surface area contributed by atoms with Gasteiger partial charge in [0.2, 0.25) is 0 Å². The molecule has 126 valence electrons. The van der Waals surface area contributed by atoms with Crippen LogP contribution in [0.3, 0.4) is 0 Å². The summed E-state index contributed by atoms with van der Waals surface area (Å²) >= 11 is 0. The number of rotatable bonds is 4. The molecule has 0 unspecified atom stereocenters. The van der Waals surface area contributed by atoms with Crippen molar-refractivity contribution in [2.75, 3.05) is 13.3 Å². The van der Waals surface area contributed by atoms with Gasteiger partial charge in [0.25, 0.3) is 5.91 Å². The molecule has 0 aromatic heterocycles. The van der Waals surface area contributed by atoms with E-state index >= 15 is 0 Å². The molecule has 1 aromatic carbocycles. The number of ether oxygens (including phenoxy) is 1. The van der Waals surface area contributed by atoms with Crippen molar-refractivity contribution in [1.29, 1.82) is 0 Å². The fourth-order valence-corrected chi connectivity index (χ4v) is 2.25. The van der Waals surface area contributed by atoms with Crippen molar-refractivity contribution in [2.45, 2.75) is 24.8 Å². The molecule has 0 fully saturated rings. The maximum Gasteiger partial charge on any atom is 0.339 e. The molecule has 1 rings (SSSR count). The summed E-state index contributed by atoms with van der Waals surface area (Å²) in [6.07, 6.45) is -0.201. The van der Waals surface area contributed by atoms with Gasteiger partial charge in [0.15, 0.2) is 15.9 Å². The van der Waals surface area contributed by atoms with Crippen molar-refractivity contribution in [3.63, 3.8) is 0 Å². The molecule has 23 heavy (non-hydrogen) atoms. The fraction of sp³-hybridized carbons (Fsp3) is 0.357. The Hall–Kier alpha value is -2.42. The summed E-state index contributed by atoms with van der Waals surface area (Å²) in [7, 11) is -2.15. The predicted molar refractivity (Wildman–Crippen MR) is 81.8 cm³/mol. The lowest BCUT2D eigenvalue weighted by atomic mass is 10.1. The number of hydrogen-bond donors (Lipinski definition) is 2. The van der Waals surface area contributed by atoms with Crippen LogP contribution in [0.4, 0.5) is 4.79 Å². The Kier molecular flexibility index (Phi) is 5.85. The van der Waals surface area contributed by atoms with Crippen LogP contribution in [0.15, 0.2) is 23.1 Å². The Morgan fingerprint density at radius 2 is 1.83 bits per heavy atom. The van der Waals surface area contributed by atoms with Crippen LogP contribution in [0.2, 0.25) is 0 Å². The number of sulfone groups is 1. The maximum absolute atomic E-state index is 12.1. The quantitative estimate of drug-likeness (QED) is 0.765. The predicted octanol–water partition coefficient (Wildman–Crippen LogP) is 0.399. The third kappa shape index (κ3) is 5.06. The third-order valence-corrected chi connectivity index (χ3v) is 4.08. The minimum absolute atomic E-state index is 0.0301. The van der Waals surface area contributed by atoms with E-state index in [0.29, 0.717) is 5.56 Å². The molecule has 0 aliphatic heterocycles. The number of carbonyl (C=O) groups is 3. The number of nitrogens with one attached hydrogen (secondary N) is 2. The Bertz CT molecular complexity index is 742. The molecule has 9 heteroatoms. The highest BCUT2D eigenvalue weighted by atomic mass is 32.2. The van der Waals surface area contributed by atoms with E-state index in [1.54, 1.807) is 6.92 Å². The number of esters is 1. The number of urea groups is 1. The second-order valence-corrected chi connectivity index (χ2v) is 6.88. The minimum Gasteiger partial charge on any atom is -0.449 e. The molecule has 0 aliphatic carbocycles. The van der Waals surface area contributed by atoms with Crippen molar-refractivity contribution in [3.8, 4) is 0 Å². The van der Waals surface area contributed by atoms with Crippen molar-refractivity contribution in [2.24, 2.45) is 0 Å². The van der Waals surface area contributed by atoms with Gasteiger partial charge in [-0.2, -0.15) is 0 Å². The van der Waals surface area contributed by atoms with Gasteiger partial charge in [-0.3, -0.25) is 10.1 Å². The lowest BCUT2D eigenvalue weighted by Gasteiger charge is -2.14. The van der Waals surface area contributed by atoms with E-state index in [4.69, 9.17) is 4.74 Å². The van der Waals surface area contributed by atoms with E-state index in [2.05, 4.69) is 5.32 Å². The zero-order valence-corrected chi connectivity index (χ0v) is 14.0. The van der Waals surface area contributed by atoms with Crippen LogP contribution in [-0.4, -0.2) is 45.7 Å². The summed E-state index contributed by atoms with van der Waals surface area (Å²) in [6.45, 7) is 2.91. The highest BCUT2D eigenvalue weighted by Crippen LogP contribution is 2.17. The zero-order valence-electron chi connectivity index (χ0n) is 13.2. The first-order chi connectivity index (χ1) is 10.6. The molecule has 0 saturated heterocycles. The Balaban J connectivity index is 2.94. The van der Waals surface area contributed by atoms with Gasteiger partial charge in [-0.05, 0) is 31.5 Å².